The van der Waals surface area contributed by atoms with Gasteiger partial charge in [-0.05, 0) is 56.7 Å². The first-order chi connectivity index (χ1) is 11.6. The van der Waals surface area contributed by atoms with Gasteiger partial charge in [0, 0.05) is 44.1 Å². The minimum atomic E-state index is 0.245. The normalized spacial score (nSPS) is 17.9. The average molecular weight is 326 g/mol. The van der Waals surface area contributed by atoms with E-state index in [0.717, 1.165) is 37.3 Å². The number of hydrogen-bond acceptors (Lipinski definition) is 3. The van der Waals surface area contributed by atoms with Crippen molar-refractivity contribution in [3.63, 3.8) is 0 Å². The quantitative estimate of drug-likeness (QED) is 0.849. The van der Waals surface area contributed by atoms with Crippen LogP contribution in [-0.2, 0) is 17.8 Å². The summed E-state index contributed by atoms with van der Waals surface area (Å²) in [7, 11) is 0. The van der Waals surface area contributed by atoms with Crippen LogP contribution in [0.2, 0.25) is 0 Å². The molecule has 3 rings (SSSR count). The van der Waals surface area contributed by atoms with Crippen LogP contribution in [0.3, 0.4) is 0 Å². The standard InChI is InChI=1S/C19H26N4O/c1-15-5-6-17(13-20-15)12-18-4-3-9-22(14-18)19(24)8-11-23-10-7-16(2)21-23/h5-7,10,13,18H,3-4,8-9,11-12,14H2,1-2H3. The zero-order valence-corrected chi connectivity index (χ0v) is 14.6. The van der Waals surface area contributed by atoms with E-state index in [1.165, 1.54) is 12.0 Å². The van der Waals surface area contributed by atoms with Crippen molar-refractivity contribution in [3.8, 4) is 0 Å². The fourth-order valence-electron chi connectivity index (χ4n) is 3.37. The third-order valence-electron chi connectivity index (χ3n) is 4.70. The van der Waals surface area contributed by atoms with Crippen LogP contribution in [-0.4, -0.2) is 38.7 Å². The summed E-state index contributed by atoms with van der Waals surface area (Å²) in [6.45, 7) is 6.39. The molecule has 24 heavy (non-hydrogen) atoms. The lowest BCUT2D eigenvalue weighted by atomic mass is 9.91. The Labute approximate surface area is 143 Å². The van der Waals surface area contributed by atoms with E-state index >= 15 is 0 Å². The van der Waals surface area contributed by atoms with Crippen LogP contribution >= 0.6 is 0 Å². The summed E-state index contributed by atoms with van der Waals surface area (Å²) >= 11 is 0. The molecule has 5 nitrogen and oxygen atoms in total. The Hall–Kier alpha value is -2.17. The molecule has 0 spiro atoms. The fraction of sp³-hybridized carbons (Fsp3) is 0.526. The molecule has 1 unspecified atom stereocenters. The van der Waals surface area contributed by atoms with Gasteiger partial charge in [-0.2, -0.15) is 5.10 Å². The molecule has 1 amide bonds. The lowest BCUT2D eigenvalue weighted by molar-refractivity contribution is -0.133. The molecule has 1 atom stereocenters. The number of carbonyl (C=O) groups excluding carboxylic acids is 1. The highest BCUT2D eigenvalue weighted by Crippen LogP contribution is 2.21. The molecule has 1 aliphatic heterocycles. The molecule has 2 aromatic rings. The van der Waals surface area contributed by atoms with E-state index in [-0.39, 0.29) is 5.91 Å². The minimum Gasteiger partial charge on any atom is -0.342 e. The molecule has 0 radical (unpaired) electrons. The summed E-state index contributed by atoms with van der Waals surface area (Å²) in [4.78, 5) is 18.9. The van der Waals surface area contributed by atoms with Crippen molar-refractivity contribution in [3.05, 3.63) is 47.5 Å². The maximum Gasteiger partial charge on any atom is 0.224 e. The van der Waals surface area contributed by atoms with Gasteiger partial charge in [0.15, 0.2) is 0 Å². The van der Waals surface area contributed by atoms with Crippen LogP contribution in [0.15, 0.2) is 30.6 Å². The van der Waals surface area contributed by atoms with Crippen molar-refractivity contribution in [2.45, 2.75) is 46.1 Å². The number of amides is 1. The van der Waals surface area contributed by atoms with Crippen molar-refractivity contribution in [1.82, 2.24) is 19.7 Å². The van der Waals surface area contributed by atoms with E-state index in [0.29, 0.717) is 18.9 Å². The number of pyridine rings is 1. The highest BCUT2D eigenvalue weighted by atomic mass is 16.2. The molecule has 0 aromatic carbocycles. The lowest BCUT2D eigenvalue weighted by Gasteiger charge is -2.33. The molecule has 0 aliphatic carbocycles. The summed E-state index contributed by atoms with van der Waals surface area (Å²) in [6, 6.07) is 6.19. The molecule has 0 N–H and O–H groups in total. The van der Waals surface area contributed by atoms with E-state index in [9.17, 15) is 4.79 Å². The largest absolute Gasteiger partial charge is 0.342 e. The maximum absolute atomic E-state index is 12.5. The number of nitrogens with zero attached hydrogens (tertiary/aromatic N) is 4. The van der Waals surface area contributed by atoms with E-state index in [1.54, 1.807) is 0 Å². The van der Waals surface area contributed by atoms with Gasteiger partial charge in [0.2, 0.25) is 5.91 Å². The monoisotopic (exact) mass is 326 g/mol. The third kappa shape index (κ3) is 4.43. The SMILES string of the molecule is Cc1ccc(CC2CCCN(C(=O)CCn3ccc(C)n3)C2)cn1. The molecule has 1 aliphatic rings. The van der Waals surface area contributed by atoms with Gasteiger partial charge in [0.05, 0.1) is 5.69 Å². The zero-order chi connectivity index (χ0) is 16.9. The number of aromatic nitrogens is 3. The number of hydrogen-bond donors (Lipinski definition) is 0. The Morgan fingerprint density at radius 1 is 1.25 bits per heavy atom. The molecule has 3 heterocycles. The number of piperidine rings is 1. The Morgan fingerprint density at radius 2 is 2.12 bits per heavy atom. The van der Waals surface area contributed by atoms with Gasteiger partial charge in [-0.1, -0.05) is 6.07 Å². The number of likely N-dealkylation sites (tertiary alicyclic amines) is 1. The van der Waals surface area contributed by atoms with Crippen molar-refractivity contribution < 1.29 is 4.79 Å². The fourth-order valence-corrected chi connectivity index (χ4v) is 3.37. The topological polar surface area (TPSA) is 51.0 Å². The highest BCUT2D eigenvalue weighted by Gasteiger charge is 2.23. The van der Waals surface area contributed by atoms with Crippen LogP contribution in [0.25, 0.3) is 0 Å². The average Bonchev–Trinajstić information content (AvgIpc) is 3.00. The smallest absolute Gasteiger partial charge is 0.224 e. The van der Waals surface area contributed by atoms with Crippen LogP contribution < -0.4 is 0 Å². The number of aryl methyl sites for hydroxylation is 3. The Bertz CT molecular complexity index is 677. The first-order valence-corrected chi connectivity index (χ1v) is 8.79. The van der Waals surface area contributed by atoms with Crippen LogP contribution in [0.5, 0.6) is 0 Å². The van der Waals surface area contributed by atoms with Crippen LogP contribution in [0.4, 0.5) is 0 Å². The highest BCUT2D eigenvalue weighted by molar-refractivity contribution is 5.76. The van der Waals surface area contributed by atoms with Gasteiger partial charge in [-0.25, -0.2) is 0 Å². The molecule has 128 valence electrons. The first-order valence-electron chi connectivity index (χ1n) is 8.79. The Kier molecular flexibility index (Phi) is 5.28. The van der Waals surface area contributed by atoms with Gasteiger partial charge < -0.3 is 4.90 Å². The summed E-state index contributed by atoms with van der Waals surface area (Å²) in [5.41, 5.74) is 3.31. The summed E-state index contributed by atoms with van der Waals surface area (Å²) < 4.78 is 1.85. The predicted octanol–water partition coefficient (Wildman–Crippen LogP) is 2.77. The zero-order valence-electron chi connectivity index (χ0n) is 14.6. The second-order valence-corrected chi connectivity index (χ2v) is 6.83. The number of rotatable bonds is 5. The van der Waals surface area contributed by atoms with Gasteiger partial charge >= 0.3 is 0 Å². The summed E-state index contributed by atoms with van der Waals surface area (Å²) in [5, 5.41) is 4.34. The van der Waals surface area contributed by atoms with Gasteiger partial charge in [0.1, 0.15) is 0 Å². The second kappa shape index (κ2) is 7.60. The van der Waals surface area contributed by atoms with Crippen molar-refractivity contribution in [2.24, 2.45) is 5.92 Å². The van der Waals surface area contributed by atoms with E-state index in [2.05, 4.69) is 22.2 Å². The van der Waals surface area contributed by atoms with Gasteiger partial charge in [0.25, 0.3) is 0 Å². The number of carbonyl (C=O) groups is 1. The van der Waals surface area contributed by atoms with Gasteiger partial charge in [-0.15, -0.1) is 0 Å². The summed E-state index contributed by atoms with van der Waals surface area (Å²) in [5.74, 6) is 0.786. The minimum absolute atomic E-state index is 0.245. The molecule has 0 bridgehead atoms. The van der Waals surface area contributed by atoms with Gasteiger partial charge in [-0.3, -0.25) is 14.5 Å². The second-order valence-electron chi connectivity index (χ2n) is 6.83. The van der Waals surface area contributed by atoms with E-state index < -0.39 is 0 Å². The Balaban J connectivity index is 1.50. The molecule has 0 saturated carbocycles. The third-order valence-corrected chi connectivity index (χ3v) is 4.70. The molecular formula is C19H26N4O. The summed E-state index contributed by atoms with van der Waals surface area (Å²) in [6.07, 6.45) is 7.73. The Morgan fingerprint density at radius 3 is 2.83 bits per heavy atom. The van der Waals surface area contributed by atoms with Crippen LogP contribution in [0, 0.1) is 19.8 Å². The van der Waals surface area contributed by atoms with Crippen molar-refractivity contribution in [2.75, 3.05) is 13.1 Å². The predicted molar refractivity (Wildman–Crippen MR) is 93.6 cm³/mol. The molecule has 5 heteroatoms. The van der Waals surface area contributed by atoms with E-state index in [4.69, 9.17) is 0 Å². The molecular weight excluding hydrogens is 300 g/mol. The molecule has 1 saturated heterocycles. The lowest BCUT2D eigenvalue weighted by Crippen LogP contribution is -2.40. The van der Waals surface area contributed by atoms with Crippen molar-refractivity contribution in [1.29, 1.82) is 0 Å². The first kappa shape index (κ1) is 16.7. The van der Waals surface area contributed by atoms with Crippen molar-refractivity contribution >= 4 is 5.91 Å². The molecule has 1 fully saturated rings. The molecule has 2 aromatic heterocycles. The maximum atomic E-state index is 12.5. The van der Waals surface area contributed by atoms with Crippen LogP contribution in [0.1, 0.15) is 36.2 Å². The van der Waals surface area contributed by atoms with E-state index in [1.807, 2.05) is 41.9 Å².